The van der Waals surface area contributed by atoms with Crippen LogP contribution in [0, 0.1) is 5.82 Å². The largest absolute Gasteiger partial charge is 0.416 e. The monoisotopic (exact) mass is 1120 g/mol. The molecule has 80 heavy (non-hydrogen) atoms. The Hall–Kier alpha value is -7.48. The fourth-order valence-corrected chi connectivity index (χ4v) is 11.5. The third-order valence-electron chi connectivity index (χ3n) is 15.2. The van der Waals surface area contributed by atoms with Crippen molar-refractivity contribution in [2.75, 3.05) is 23.7 Å². The van der Waals surface area contributed by atoms with E-state index in [0.29, 0.717) is 35.5 Å². The molecule has 4 atom stereocenters. The lowest BCUT2D eigenvalue weighted by Crippen LogP contribution is -2.51. The van der Waals surface area contributed by atoms with Crippen LogP contribution >= 0.6 is 11.6 Å². The fraction of sp³-hybridized carbons (Fsp3) is 0.333. The van der Waals surface area contributed by atoms with E-state index in [0.717, 1.165) is 99.3 Å². The molecule has 6 aromatic rings. The summed E-state index contributed by atoms with van der Waals surface area (Å²) in [5.41, 5.74) is 2.17. The van der Waals surface area contributed by atoms with Crippen LogP contribution in [0.5, 0.6) is 0 Å². The molecule has 4 bridgehead atoms. The van der Waals surface area contributed by atoms with E-state index in [1.54, 1.807) is 54.6 Å². The molecule has 4 heterocycles. The van der Waals surface area contributed by atoms with E-state index < -0.39 is 35.3 Å². The van der Waals surface area contributed by atoms with Crippen molar-refractivity contribution in [2.45, 2.75) is 113 Å². The van der Waals surface area contributed by atoms with E-state index in [9.17, 15) is 49.9 Å². The molecule has 0 radical (unpaired) electrons. The molecule has 4 aliphatic rings. The third-order valence-corrected chi connectivity index (χ3v) is 15.4. The number of hydrogen-bond acceptors (Lipinski definition) is 8. The molecule has 4 unspecified atom stereocenters. The number of nitrogens with zero attached hydrogens (tertiary/aromatic N) is 2. The summed E-state index contributed by atoms with van der Waals surface area (Å²) in [6.07, 6.45) is -1.36. The van der Waals surface area contributed by atoms with Gasteiger partial charge in [0.25, 0.3) is 11.8 Å². The molecular formula is C60H60ClF7N8O4. The molecule has 0 aromatic heterocycles. The molecule has 12 nitrogen and oxygen atoms in total. The lowest BCUT2D eigenvalue weighted by molar-refractivity contribution is -0.138. The smallest absolute Gasteiger partial charge is 0.355 e. The van der Waals surface area contributed by atoms with E-state index in [1.807, 2.05) is 24.3 Å². The van der Waals surface area contributed by atoms with Gasteiger partial charge in [-0.1, -0.05) is 72.3 Å². The van der Waals surface area contributed by atoms with Crippen molar-refractivity contribution in [1.82, 2.24) is 31.1 Å². The number of alkyl halides is 6. The highest BCUT2D eigenvalue weighted by Crippen LogP contribution is 2.39. The van der Waals surface area contributed by atoms with Crippen LogP contribution in [0.3, 0.4) is 0 Å². The molecule has 4 aliphatic heterocycles. The Bertz CT molecular complexity index is 2910. The summed E-state index contributed by atoms with van der Waals surface area (Å²) < 4.78 is 91.8. The predicted molar refractivity (Wildman–Crippen MR) is 292 cm³/mol. The average molecular weight is 1130 g/mol. The van der Waals surface area contributed by atoms with Crippen LogP contribution in [0.15, 0.2) is 146 Å². The number of carbonyl (C=O) groups is 4. The van der Waals surface area contributed by atoms with E-state index >= 15 is 0 Å². The summed E-state index contributed by atoms with van der Waals surface area (Å²) in [5, 5.41) is 17.9. The van der Waals surface area contributed by atoms with Crippen LogP contribution in [-0.4, -0.2) is 82.8 Å². The number of para-hydroxylation sites is 2. The van der Waals surface area contributed by atoms with E-state index in [2.05, 4.69) is 41.7 Å². The van der Waals surface area contributed by atoms with Crippen molar-refractivity contribution >= 4 is 58.0 Å². The average Bonchev–Trinajstić information content (AvgIpc) is 3.81. The van der Waals surface area contributed by atoms with Crippen LogP contribution in [0.4, 0.5) is 53.5 Å². The Morgan fingerprint density at radius 2 is 0.863 bits per heavy atom. The number of rotatable bonds is 16. The molecule has 10 rings (SSSR count). The summed E-state index contributed by atoms with van der Waals surface area (Å²) in [5.74, 6) is -1.83. The van der Waals surface area contributed by atoms with Gasteiger partial charge < -0.3 is 31.9 Å². The second-order valence-electron chi connectivity index (χ2n) is 20.7. The summed E-state index contributed by atoms with van der Waals surface area (Å²) in [6, 6.07) is 38.3. The van der Waals surface area contributed by atoms with Crippen LogP contribution in [0.1, 0.15) is 94.3 Å². The van der Waals surface area contributed by atoms with Gasteiger partial charge in [0, 0.05) is 65.7 Å². The Balaban J connectivity index is 0.000000194. The number of nitrogens with one attached hydrogen (secondary N) is 6. The van der Waals surface area contributed by atoms with Crippen LogP contribution in [0.2, 0.25) is 5.02 Å². The zero-order chi connectivity index (χ0) is 56.6. The molecule has 4 fully saturated rings. The number of carbonyl (C=O) groups excluding carboxylic acids is 4. The quantitative estimate of drug-likeness (QED) is 0.0525. The van der Waals surface area contributed by atoms with Crippen molar-refractivity contribution < 1.29 is 49.9 Å². The molecule has 4 saturated heterocycles. The maximum Gasteiger partial charge on any atom is 0.416 e. The van der Waals surface area contributed by atoms with Gasteiger partial charge in [0.2, 0.25) is 11.8 Å². The van der Waals surface area contributed by atoms with Crippen molar-refractivity contribution in [3.63, 3.8) is 0 Å². The predicted octanol–water partition coefficient (Wildman–Crippen LogP) is 11.8. The first-order valence-corrected chi connectivity index (χ1v) is 26.9. The first kappa shape index (κ1) is 57.2. The maximum atomic E-state index is 13.3. The van der Waals surface area contributed by atoms with E-state index in [-0.39, 0.29) is 65.3 Å². The maximum absolute atomic E-state index is 13.3. The summed E-state index contributed by atoms with van der Waals surface area (Å²) in [4.78, 5) is 56.2. The van der Waals surface area contributed by atoms with Crippen molar-refractivity contribution in [3.8, 4) is 0 Å². The summed E-state index contributed by atoms with van der Waals surface area (Å²) >= 11 is 6.01. The molecule has 420 valence electrons. The normalized spacial score (nSPS) is 20.6. The van der Waals surface area contributed by atoms with Crippen molar-refractivity contribution in [1.29, 1.82) is 0 Å². The number of benzene rings is 6. The Labute approximate surface area is 463 Å². The Morgan fingerprint density at radius 3 is 1.25 bits per heavy atom. The number of anilines is 4. The molecule has 0 spiro atoms. The highest BCUT2D eigenvalue weighted by atomic mass is 35.5. The molecule has 0 aliphatic carbocycles. The standard InChI is InChI=1S/C30H30ClF3N4O2.C30H30F4N4O2/c2*31-21-10-8-19(9-11-21)18-38-24-12-13-25(38)16-23(15-24)37-28(39)17-35-29(40)26-6-1-2-7-27(26)36-22-5-3-4-20(14-22)30(32,33)34/h2*1-11,14,23-25,36H,12-13,15-18H2,(H,35,40)(H,37,39). The lowest BCUT2D eigenvalue weighted by Gasteiger charge is -2.39. The highest BCUT2D eigenvalue weighted by molar-refractivity contribution is 6.30. The molecule has 0 saturated carbocycles. The Morgan fingerprint density at radius 1 is 0.487 bits per heavy atom. The van der Waals surface area contributed by atoms with Crippen molar-refractivity contribution in [3.05, 3.63) is 190 Å². The molecule has 6 aromatic carbocycles. The minimum Gasteiger partial charge on any atom is -0.355 e. The number of fused-ring (bicyclic) bond motifs is 4. The van der Waals surface area contributed by atoms with Crippen molar-refractivity contribution in [2.24, 2.45) is 0 Å². The summed E-state index contributed by atoms with van der Waals surface area (Å²) in [6.45, 7) is 1.19. The van der Waals surface area contributed by atoms with Gasteiger partial charge in [0.15, 0.2) is 0 Å². The van der Waals surface area contributed by atoms with Gasteiger partial charge in [-0.05, 0) is 147 Å². The van der Waals surface area contributed by atoms with Gasteiger partial charge in [-0.15, -0.1) is 0 Å². The number of amides is 4. The minimum absolute atomic E-state index is 0.00114. The van der Waals surface area contributed by atoms with Gasteiger partial charge in [0.1, 0.15) is 5.82 Å². The zero-order valence-electron chi connectivity index (χ0n) is 43.4. The second-order valence-corrected chi connectivity index (χ2v) is 21.1. The third kappa shape index (κ3) is 15.0. The molecule has 20 heteroatoms. The van der Waals surface area contributed by atoms with Crippen LogP contribution in [-0.2, 0) is 35.0 Å². The SMILES string of the molecule is O=C(CNC(=O)c1ccccc1Nc1cccc(C(F)(F)F)c1)NC1CC2CCC(C1)N2Cc1ccc(Cl)cc1.O=C(CNC(=O)c1ccccc1Nc1cccc(C(F)(F)F)c1)NC1CC2CCC(C1)N2Cc1ccc(F)cc1. The first-order valence-electron chi connectivity index (χ1n) is 26.5. The molecular weight excluding hydrogens is 1070 g/mol. The van der Waals surface area contributed by atoms with Gasteiger partial charge >= 0.3 is 12.4 Å². The zero-order valence-corrected chi connectivity index (χ0v) is 44.1. The number of halogens is 8. The number of hydrogen-bond donors (Lipinski definition) is 6. The van der Waals surface area contributed by atoms with Gasteiger partial charge in [-0.2, -0.15) is 26.3 Å². The van der Waals surface area contributed by atoms with E-state index in [4.69, 9.17) is 11.6 Å². The van der Waals surface area contributed by atoms with E-state index in [1.165, 1.54) is 48.0 Å². The van der Waals surface area contributed by atoms with Crippen LogP contribution in [0.25, 0.3) is 0 Å². The van der Waals surface area contributed by atoms with Gasteiger partial charge in [-0.3, -0.25) is 29.0 Å². The Kier molecular flexibility index (Phi) is 18.1. The molecule has 6 N–H and O–H groups in total. The lowest BCUT2D eigenvalue weighted by atomic mass is 9.96. The van der Waals surface area contributed by atoms with Gasteiger partial charge in [0.05, 0.1) is 46.7 Å². The van der Waals surface area contributed by atoms with Crippen LogP contribution < -0.4 is 31.9 Å². The van der Waals surface area contributed by atoms with Gasteiger partial charge in [-0.25, -0.2) is 4.39 Å². The minimum atomic E-state index is -4.49. The second kappa shape index (κ2) is 25.3. The summed E-state index contributed by atoms with van der Waals surface area (Å²) in [7, 11) is 0. The fourth-order valence-electron chi connectivity index (χ4n) is 11.4. The highest BCUT2D eigenvalue weighted by Gasteiger charge is 2.42. The topological polar surface area (TPSA) is 147 Å². The molecule has 4 amide bonds. The first-order chi connectivity index (χ1) is 38.3. The number of piperidine rings is 2.